The summed E-state index contributed by atoms with van der Waals surface area (Å²) in [5.74, 6) is -0.678. The van der Waals surface area contributed by atoms with E-state index in [0.717, 1.165) is 17.6 Å². The lowest BCUT2D eigenvalue weighted by Gasteiger charge is -2.29. The molecule has 27 heavy (non-hydrogen) atoms. The number of hydrogen-bond donors (Lipinski definition) is 1. The standard InChI is InChI=1S/C23H47NO2.H2O/c1-4-5-6-7-8-9-10-11-12-13-14-15-16-17-18-19-21-24(2,3)22-20-23(25)26;/h4-22H2,1-3H3;1H2. The van der Waals surface area contributed by atoms with Crippen molar-refractivity contribution < 1.29 is 19.9 Å². The summed E-state index contributed by atoms with van der Waals surface area (Å²) in [5.41, 5.74) is 0. The number of hydrogen-bond acceptors (Lipinski definition) is 2. The summed E-state index contributed by atoms with van der Waals surface area (Å²) in [5, 5.41) is 8.78. The molecule has 0 aliphatic rings. The van der Waals surface area contributed by atoms with Crippen LogP contribution in [0.4, 0.5) is 0 Å². The molecule has 0 aromatic heterocycles. The van der Waals surface area contributed by atoms with E-state index in [1.165, 1.54) is 103 Å². The van der Waals surface area contributed by atoms with E-state index in [1.807, 2.05) is 0 Å². The molecule has 0 aromatic carbocycles. The molecule has 0 bridgehead atoms. The SMILES string of the molecule is CCCCCCCCCCCCCCCCCC[N+](C)(C)CCC(=O)O.[OH-]. The fourth-order valence-corrected chi connectivity index (χ4v) is 3.60. The van der Waals surface area contributed by atoms with E-state index < -0.39 is 5.97 Å². The van der Waals surface area contributed by atoms with Crippen molar-refractivity contribution in [1.82, 2.24) is 0 Å². The van der Waals surface area contributed by atoms with Crippen molar-refractivity contribution in [1.29, 1.82) is 0 Å². The summed E-state index contributed by atoms with van der Waals surface area (Å²) >= 11 is 0. The molecular formula is C23H49NO3. The molecule has 0 unspecified atom stereocenters. The van der Waals surface area contributed by atoms with Crippen molar-refractivity contribution in [3.63, 3.8) is 0 Å². The van der Waals surface area contributed by atoms with Crippen molar-refractivity contribution in [2.45, 2.75) is 116 Å². The van der Waals surface area contributed by atoms with Crippen LogP contribution in [-0.4, -0.2) is 48.2 Å². The highest BCUT2D eigenvalue weighted by Crippen LogP contribution is 2.14. The third-order valence-electron chi connectivity index (χ3n) is 5.55. The first-order chi connectivity index (χ1) is 12.5. The Kier molecular flexibility index (Phi) is 21.3. The van der Waals surface area contributed by atoms with Gasteiger partial charge < -0.3 is 15.1 Å². The largest absolute Gasteiger partial charge is 0.870 e. The molecule has 4 nitrogen and oxygen atoms in total. The van der Waals surface area contributed by atoms with Gasteiger partial charge in [-0.3, -0.25) is 4.79 Å². The van der Waals surface area contributed by atoms with Crippen LogP contribution in [-0.2, 0) is 4.79 Å². The predicted molar refractivity (Wildman–Crippen MR) is 116 cm³/mol. The van der Waals surface area contributed by atoms with Gasteiger partial charge in [0, 0.05) is 0 Å². The Morgan fingerprint density at radius 2 is 0.963 bits per heavy atom. The molecular weight excluding hydrogens is 338 g/mol. The molecule has 0 atom stereocenters. The van der Waals surface area contributed by atoms with Crippen LogP contribution in [0.3, 0.4) is 0 Å². The Hall–Kier alpha value is -0.610. The maximum atomic E-state index is 10.7. The zero-order valence-corrected chi connectivity index (χ0v) is 18.7. The lowest BCUT2D eigenvalue weighted by Crippen LogP contribution is -2.42. The highest BCUT2D eigenvalue weighted by molar-refractivity contribution is 5.66. The number of rotatable bonds is 20. The topological polar surface area (TPSA) is 67.3 Å². The van der Waals surface area contributed by atoms with E-state index in [0.29, 0.717) is 0 Å². The Morgan fingerprint density at radius 3 is 1.30 bits per heavy atom. The average molecular weight is 388 g/mol. The number of carbonyl (C=O) groups is 1. The van der Waals surface area contributed by atoms with E-state index in [1.54, 1.807) is 0 Å². The van der Waals surface area contributed by atoms with Gasteiger partial charge in [-0.2, -0.15) is 0 Å². The maximum Gasteiger partial charge on any atom is 0.309 e. The van der Waals surface area contributed by atoms with Gasteiger partial charge in [0.25, 0.3) is 0 Å². The fourth-order valence-electron chi connectivity index (χ4n) is 3.60. The molecule has 0 radical (unpaired) electrons. The number of nitrogens with zero attached hydrogens (tertiary/aromatic N) is 1. The van der Waals surface area contributed by atoms with E-state index in [4.69, 9.17) is 5.11 Å². The molecule has 0 aliphatic carbocycles. The lowest BCUT2D eigenvalue weighted by molar-refractivity contribution is -0.890. The summed E-state index contributed by atoms with van der Waals surface area (Å²) in [6, 6.07) is 0. The quantitative estimate of drug-likeness (QED) is 0.188. The van der Waals surface area contributed by atoms with E-state index in [2.05, 4.69) is 21.0 Å². The molecule has 2 N–H and O–H groups in total. The molecule has 0 saturated heterocycles. The average Bonchev–Trinajstić information content (AvgIpc) is 2.60. The summed E-state index contributed by atoms with van der Waals surface area (Å²) in [6.45, 7) is 4.13. The zero-order valence-electron chi connectivity index (χ0n) is 18.7. The third kappa shape index (κ3) is 23.4. The van der Waals surface area contributed by atoms with Gasteiger partial charge in [0.1, 0.15) is 0 Å². The van der Waals surface area contributed by atoms with E-state index in [-0.39, 0.29) is 11.9 Å². The summed E-state index contributed by atoms with van der Waals surface area (Å²) in [7, 11) is 4.29. The van der Waals surface area contributed by atoms with Gasteiger partial charge in [0.15, 0.2) is 0 Å². The van der Waals surface area contributed by atoms with Crippen molar-refractivity contribution in [2.75, 3.05) is 27.2 Å². The molecule has 0 aliphatic heterocycles. The summed E-state index contributed by atoms with van der Waals surface area (Å²) in [6.07, 6.45) is 22.6. The summed E-state index contributed by atoms with van der Waals surface area (Å²) in [4.78, 5) is 10.7. The van der Waals surface area contributed by atoms with Crippen LogP contribution in [0.25, 0.3) is 0 Å². The highest BCUT2D eigenvalue weighted by Gasteiger charge is 2.15. The van der Waals surface area contributed by atoms with Crippen LogP contribution in [0.1, 0.15) is 116 Å². The van der Waals surface area contributed by atoms with Crippen LogP contribution in [0.15, 0.2) is 0 Å². The molecule has 4 heteroatoms. The Balaban J connectivity index is 0. The van der Waals surface area contributed by atoms with Gasteiger partial charge in [-0.15, -0.1) is 0 Å². The highest BCUT2D eigenvalue weighted by atomic mass is 16.4. The first-order valence-electron chi connectivity index (χ1n) is 11.5. The monoisotopic (exact) mass is 387 g/mol. The van der Waals surface area contributed by atoms with Crippen molar-refractivity contribution >= 4 is 5.97 Å². The molecule has 0 amide bonds. The maximum absolute atomic E-state index is 10.7. The van der Waals surface area contributed by atoms with Gasteiger partial charge in [-0.05, 0) is 12.8 Å². The number of carboxylic acids is 1. The molecule has 0 saturated carbocycles. The van der Waals surface area contributed by atoms with Crippen molar-refractivity contribution in [2.24, 2.45) is 0 Å². The third-order valence-corrected chi connectivity index (χ3v) is 5.55. The molecule has 164 valence electrons. The second-order valence-electron chi connectivity index (χ2n) is 8.83. The molecule has 0 aromatic rings. The second-order valence-corrected chi connectivity index (χ2v) is 8.83. The van der Waals surface area contributed by atoms with Gasteiger partial charge in [-0.25, -0.2) is 0 Å². The predicted octanol–water partition coefficient (Wildman–Crippen LogP) is 6.62. The molecule has 0 rings (SSSR count). The van der Waals surface area contributed by atoms with Gasteiger partial charge in [-0.1, -0.05) is 96.8 Å². The van der Waals surface area contributed by atoms with Gasteiger partial charge in [0.2, 0.25) is 0 Å². The normalized spacial score (nSPS) is 11.4. The zero-order chi connectivity index (χ0) is 19.5. The number of aliphatic carboxylic acids is 1. The minimum absolute atomic E-state index is 0. The molecule has 0 fully saturated rings. The number of unbranched alkanes of at least 4 members (excludes halogenated alkanes) is 15. The van der Waals surface area contributed by atoms with Crippen molar-refractivity contribution in [3.05, 3.63) is 0 Å². The van der Waals surface area contributed by atoms with Crippen LogP contribution in [0.5, 0.6) is 0 Å². The minimum Gasteiger partial charge on any atom is -0.870 e. The number of quaternary nitrogens is 1. The summed E-state index contributed by atoms with van der Waals surface area (Å²) < 4.78 is 0.838. The van der Waals surface area contributed by atoms with Crippen molar-refractivity contribution in [3.8, 4) is 0 Å². The second kappa shape index (κ2) is 20.1. The minimum atomic E-state index is -0.678. The first kappa shape index (κ1) is 28.6. The van der Waals surface area contributed by atoms with Crippen LogP contribution < -0.4 is 0 Å². The number of carboxylic acid groups (broad SMARTS) is 1. The molecule has 0 heterocycles. The Morgan fingerprint density at radius 1 is 0.630 bits per heavy atom. The van der Waals surface area contributed by atoms with Crippen LogP contribution >= 0.6 is 0 Å². The van der Waals surface area contributed by atoms with Gasteiger partial charge >= 0.3 is 5.97 Å². The smallest absolute Gasteiger partial charge is 0.309 e. The molecule has 0 spiro atoms. The Bertz CT molecular complexity index is 319. The first-order valence-corrected chi connectivity index (χ1v) is 11.5. The van der Waals surface area contributed by atoms with Crippen LogP contribution in [0, 0.1) is 0 Å². The van der Waals surface area contributed by atoms with Gasteiger partial charge in [0.05, 0.1) is 33.6 Å². The van der Waals surface area contributed by atoms with Crippen LogP contribution in [0.2, 0.25) is 0 Å². The Labute approximate surface area is 169 Å². The van der Waals surface area contributed by atoms with E-state index in [9.17, 15) is 4.79 Å². The van der Waals surface area contributed by atoms with E-state index >= 15 is 0 Å². The fraction of sp³-hybridized carbons (Fsp3) is 0.957. The lowest BCUT2D eigenvalue weighted by atomic mass is 10.0.